The molecule has 0 unspecified atom stereocenters. The summed E-state index contributed by atoms with van der Waals surface area (Å²) in [6, 6.07) is 17.8. The summed E-state index contributed by atoms with van der Waals surface area (Å²) in [5, 5.41) is 0. The maximum Gasteiger partial charge on any atom is 0.153 e. The first-order valence-electron chi connectivity index (χ1n) is 5.99. The molecule has 0 spiro atoms. The average Bonchev–Trinajstić information content (AvgIpc) is 2.84. The van der Waals surface area contributed by atoms with Crippen LogP contribution in [-0.2, 0) is 0 Å². The molecule has 1 aromatic heterocycles. The Labute approximate surface area is 105 Å². The molecular weight excluding hydrogens is 224 g/mol. The maximum absolute atomic E-state index is 5.84. The molecule has 2 aromatic carbocycles. The van der Waals surface area contributed by atoms with Gasteiger partial charge in [0.05, 0.1) is 11.0 Å². The third kappa shape index (κ3) is 2.07. The highest BCUT2D eigenvalue weighted by molar-refractivity contribution is 5.74. The molecule has 18 heavy (non-hydrogen) atoms. The van der Waals surface area contributed by atoms with Crippen molar-refractivity contribution in [2.24, 2.45) is 0 Å². The van der Waals surface area contributed by atoms with Crippen LogP contribution in [0.3, 0.4) is 0 Å². The number of benzene rings is 2. The van der Waals surface area contributed by atoms with Gasteiger partial charge in [-0.25, -0.2) is 4.98 Å². The van der Waals surface area contributed by atoms with Crippen molar-refractivity contribution in [3.63, 3.8) is 0 Å². The molecule has 0 aliphatic rings. The van der Waals surface area contributed by atoms with Gasteiger partial charge in [0.2, 0.25) is 0 Å². The average molecular weight is 238 g/mol. The third-order valence-electron chi connectivity index (χ3n) is 2.85. The zero-order chi connectivity index (χ0) is 12.4. The minimum atomic E-state index is -0.0974. The minimum Gasteiger partial charge on any atom is -0.483 e. The van der Waals surface area contributed by atoms with Gasteiger partial charge in [0.15, 0.2) is 6.10 Å². The number of aromatic amines is 1. The molecule has 0 aliphatic carbocycles. The van der Waals surface area contributed by atoms with E-state index in [1.54, 1.807) is 0 Å². The van der Waals surface area contributed by atoms with Gasteiger partial charge in [-0.2, -0.15) is 0 Å². The highest BCUT2D eigenvalue weighted by Gasteiger charge is 2.11. The van der Waals surface area contributed by atoms with E-state index in [4.69, 9.17) is 4.74 Å². The molecule has 0 saturated carbocycles. The molecular formula is C15H14N2O. The Hall–Kier alpha value is -2.29. The fourth-order valence-corrected chi connectivity index (χ4v) is 1.92. The van der Waals surface area contributed by atoms with E-state index >= 15 is 0 Å². The van der Waals surface area contributed by atoms with Crippen molar-refractivity contribution in [1.29, 1.82) is 0 Å². The van der Waals surface area contributed by atoms with Crippen LogP contribution in [0.2, 0.25) is 0 Å². The zero-order valence-electron chi connectivity index (χ0n) is 10.1. The van der Waals surface area contributed by atoms with Crippen molar-refractivity contribution in [1.82, 2.24) is 9.97 Å². The number of fused-ring (bicyclic) bond motifs is 1. The van der Waals surface area contributed by atoms with Crippen LogP contribution in [0.5, 0.6) is 5.75 Å². The molecule has 0 aliphatic heterocycles. The van der Waals surface area contributed by atoms with E-state index in [1.165, 1.54) is 0 Å². The van der Waals surface area contributed by atoms with E-state index in [9.17, 15) is 0 Å². The second-order valence-electron chi connectivity index (χ2n) is 4.21. The lowest BCUT2D eigenvalue weighted by molar-refractivity contribution is 0.218. The fourth-order valence-electron chi connectivity index (χ4n) is 1.92. The van der Waals surface area contributed by atoms with Crippen molar-refractivity contribution in [3.05, 3.63) is 60.4 Å². The van der Waals surface area contributed by atoms with Crippen LogP contribution in [0.25, 0.3) is 11.0 Å². The second-order valence-corrected chi connectivity index (χ2v) is 4.21. The summed E-state index contributed by atoms with van der Waals surface area (Å²) >= 11 is 0. The van der Waals surface area contributed by atoms with Crippen LogP contribution in [0.4, 0.5) is 0 Å². The van der Waals surface area contributed by atoms with Crippen LogP contribution < -0.4 is 4.74 Å². The molecule has 3 aromatic rings. The fraction of sp³-hybridized carbons (Fsp3) is 0.133. The molecule has 0 amide bonds. The minimum absolute atomic E-state index is 0.0974. The highest BCUT2D eigenvalue weighted by Crippen LogP contribution is 2.21. The molecule has 0 fully saturated rings. The van der Waals surface area contributed by atoms with Gasteiger partial charge in [-0.15, -0.1) is 0 Å². The Morgan fingerprint density at radius 1 is 1.00 bits per heavy atom. The first kappa shape index (κ1) is 10.8. The lowest BCUT2D eigenvalue weighted by Crippen LogP contribution is -2.04. The number of nitrogens with zero attached hydrogens (tertiary/aromatic N) is 1. The smallest absolute Gasteiger partial charge is 0.153 e. The maximum atomic E-state index is 5.84. The number of H-pyrrole nitrogens is 1. The largest absolute Gasteiger partial charge is 0.483 e. The van der Waals surface area contributed by atoms with Gasteiger partial charge in [0.25, 0.3) is 0 Å². The van der Waals surface area contributed by atoms with Gasteiger partial charge in [-0.1, -0.05) is 30.3 Å². The van der Waals surface area contributed by atoms with E-state index in [0.717, 1.165) is 22.6 Å². The molecule has 1 atom stereocenters. The Morgan fingerprint density at radius 2 is 1.72 bits per heavy atom. The van der Waals surface area contributed by atoms with Crippen molar-refractivity contribution in [2.75, 3.05) is 0 Å². The monoisotopic (exact) mass is 238 g/mol. The summed E-state index contributed by atoms with van der Waals surface area (Å²) in [7, 11) is 0. The van der Waals surface area contributed by atoms with E-state index < -0.39 is 0 Å². The predicted octanol–water partition coefficient (Wildman–Crippen LogP) is 3.70. The van der Waals surface area contributed by atoms with Crippen molar-refractivity contribution < 1.29 is 4.74 Å². The number of imidazole rings is 1. The Balaban J connectivity index is 1.86. The van der Waals surface area contributed by atoms with Crippen LogP contribution in [0, 0.1) is 0 Å². The second kappa shape index (κ2) is 4.53. The van der Waals surface area contributed by atoms with Crippen LogP contribution >= 0.6 is 0 Å². The van der Waals surface area contributed by atoms with E-state index in [1.807, 2.05) is 61.5 Å². The molecule has 0 bridgehead atoms. The summed E-state index contributed by atoms with van der Waals surface area (Å²) in [6.07, 6.45) is -0.0974. The van der Waals surface area contributed by atoms with Crippen molar-refractivity contribution >= 4 is 11.0 Å². The molecule has 3 heteroatoms. The van der Waals surface area contributed by atoms with Gasteiger partial charge in [-0.3, -0.25) is 0 Å². The lowest BCUT2D eigenvalue weighted by atomic mass is 10.3. The summed E-state index contributed by atoms with van der Waals surface area (Å²) in [5.74, 6) is 1.70. The number of hydrogen-bond acceptors (Lipinski definition) is 2. The quantitative estimate of drug-likeness (QED) is 0.755. The molecule has 90 valence electrons. The summed E-state index contributed by atoms with van der Waals surface area (Å²) in [5.41, 5.74) is 2.01. The Bertz CT molecular complexity index is 613. The molecule has 3 rings (SSSR count). The van der Waals surface area contributed by atoms with Gasteiger partial charge in [0.1, 0.15) is 11.6 Å². The van der Waals surface area contributed by atoms with Crippen molar-refractivity contribution in [3.8, 4) is 5.75 Å². The first-order chi connectivity index (χ1) is 8.83. The SMILES string of the molecule is C[C@H](Oc1ccccc1)c1nc2ccccc2[nH]1. The molecule has 0 radical (unpaired) electrons. The number of hydrogen-bond donors (Lipinski definition) is 1. The number of ether oxygens (including phenoxy) is 1. The van der Waals surface area contributed by atoms with Crippen LogP contribution in [0.15, 0.2) is 54.6 Å². The number of para-hydroxylation sites is 3. The molecule has 0 saturated heterocycles. The summed E-state index contributed by atoms with van der Waals surface area (Å²) in [6.45, 7) is 1.99. The topological polar surface area (TPSA) is 37.9 Å². The van der Waals surface area contributed by atoms with Crippen LogP contribution in [0.1, 0.15) is 18.9 Å². The summed E-state index contributed by atoms with van der Waals surface area (Å²) in [4.78, 5) is 7.81. The number of aromatic nitrogens is 2. The van der Waals surface area contributed by atoms with E-state index in [2.05, 4.69) is 9.97 Å². The van der Waals surface area contributed by atoms with Crippen molar-refractivity contribution in [2.45, 2.75) is 13.0 Å². The first-order valence-corrected chi connectivity index (χ1v) is 5.99. The van der Waals surface area contributed by atoms with Crippen LogP contribution in [-0.4, -0.2) is 9.97 Å². The Kier molecular flexibility index (Phi) is 2.73. The molecule has 3 nitrogen and oxygen atoms in total. The summed E-state index contributed by atoms with van der Waals surface area (Å²) < 4.78 is 5.84. The van der Waals surface area contributed by atoms with Gasteiger partial charge >= 0.3 is 0 Å². The van der Waals surface area contributed by atoms with E-state index in [-0.39, 0.29) is 6.10 Å². The van der Waals surface area contributed by atoms with E-state index in [0.29, 0.717) is 0 Å². The number of rotatable bonds is 3. The predicted molar refractivity (Wildman–Crippen MR) is 71.6 cm³/mol. The molecule has 1 N–H and O–H groups in total. The van der Waals surface area contributed by atoms with Gasteiger partial charge in [-0.05, 0) is 31.2 Å². The van der Waals surface area contributed by atoms with Gasteiger partial charge < -0.3 is 9.72 Å². The standard InChI is InChI=1S/C15H14N2O/c1-11(18-12-7-3-2-4-8-12)15-16-13-9-5-6-10-14(13)17-15/h2-11H,1H3,(H,16,17)/t11-/m0/s1. The Morgan fingerprint density at radius 3 is 2.50 bits per heavy atom. The lowest BCUT2D eigenvalue weighted by Gasteiger charge is -2.11. The highest BCUT2D eigenvalue weighted by atomic mass is 16.5. The third-order valence-corrected chi connectivity index (χ3v) is 2.85. The van der Waals surface area contributed by atoms with Gasteiger partial charge in [0, 0.05) is 0 Å². The normalized spacial score (nSPS) is 12.5. The molecule has 1 heterocycles. The number of nitrogens with one attached hydrogen (secondary N) is 1. The zero-order valence-corrected chi connectivity index (χ0v) is 10.1.